The molecule has 1 aromatic rings. The van der Waals surface area contributed by atoms with Gasteiger partial charge in [-0.25, -0.2) is 0 Å². The topological polar surface area (TPSA) is 47.6 Å². The van der Waals surface area contributed by atoms with Crippen molar-refractivity contribution in [3.8, 4) is 5.75 Å². The number of carbonyl (C=O) groups is 1. The molecule has 0 saturated carbocycles. The molecule has 0 aliphatic rings. The van der Waals surface area contributed by atoms with E-state index >= 15 is 0 Å². The van der Waals surface area contributed by atoms with Crippen LogP contribution in [0.5, 0.6) is 5.75 Å². The minimum absolute atomic E-state index is 0.0710. The summed E-state index contributed by atoms with van der Waals surface area (Å²) in [5.41, 5.74) is 1.28. The molecule has 4 heteroatoms. The van der Waals surface area contributed by atoms with Crippen LogP contribution in [0, 0.1) is 0 Å². The number of likely N-dealkylation sites (N-methyl/N-ethyl adjacent to an activating group) is 1. The van der Waals surface area contributed by atoms with E-state index in [-0.39, 0.29) is 18.0 Å². The summed E-state index contributed by atoms with van der Waals surface area (Å²) in [5.74, 6) is 0.501. The van der Waals surface area contributed by atoms with E-state index in [0.717, 1.165) is 5.75 Å². The van der Waals surface area contributed by atoms with Crippen molar-refractivity contribution in [1.82, 2.24) is 5.32 Å². The van der Waals surface area contributed by atoms with Gasteiger partial charge in [0.05, 0.1) is 6.61 Å². The SMILES string of the molecule is CCNC(COc1cccc(C(C)(C)C)c1)C(=O)OCC. The quantitative estimate of drug-likeness (QED) is 0.785. The number of nitrogens with one attached hydrogen (secondary N) is 1. The molecule has 21 heavy (non-hydrogen) atoms. The van der Waals surface area contributed by atoms with Crippen molar-refractivity contribution in [2.24, 2.45) is 0 Å². The summed E-state index contributed by atoms with van der Waals surface area (Å²) in [4.78, 5) is 11.8. The van der Waals surface area contributed by atoms with Gasteiger partial charge in [0.25, 0.3) is 0 Å². The number of hydrogen-bond donors (Lipinski definition) is 1. The van der Waals surface area contributed by atoms with E-state index in [1.807, 2.05) is 25.1 Å². The van der Waals surface area contributed by atoms with Crippen molar-refractivity contribution >= 4 is 5.97 Å². The van der Waals surface area contributed by atoms with Crippen molar-refractivity contribution in [2.45, 2.75) is 46.1 Å². The Hall–Kier alpha value is -1.55. The fourth-order valence-corrected chi connectivity index (χ4v) is 1.93. The Bertz CT molecular complexity index is 452. The number of rotatable bonds is 7. The van der Waals surface area contributed by atoms with Crippen molar-refractivity contribution in [2.75, 3.05) is 19.8 Å². The van der Waals surface area contributed by atoms with Crippen LogP contribution in [0.3, 0.4) is 0 Å². The van der Waals surface area contributed by atoms with E-state index in [0.29, 0.717) is 13.2 Å². The molecule has 1 atom stereocenters. The van der Waals surface area contributed by atoms with Crippen LogP contribution in [0.2, 0.25) is 0 Å². The lowest BCUT2D eigenvalue weighted by Gasteiger charge is -2.21. The van der Waals surface area contributed by atoms with Crippen LogP contribution in [0.15, 0.2) is 24.3 Å². The lowest BCUT2D eigenvalue weighted by molar-refractivity contribution is -0.146. The summed E-state index contributed by atoms with van der Waals surface area (Å²) in [6, 6.07) is 7.55. The second-order valence-electron chi connectivity index (χ2n) is 5.95. The number of hydrogen-bond acceptors (Lipinski definition) is 4. The van der Waals surface area contributed by atoms with Gasteiger partial charge in [-0.3, -0.25) is 4.79 Å². The van der Waals surface area contributed by atoms with Gasteiger partial charge < -0.3 is 14.8 Å². The number of benzene rings is 1. The van der Waals surface area contributed by atoms with E-state index in [1.165, 1.54) is 5.56 Å². The first kappa shape index (κ1) is 17.5. The maximum absolute atomic E-state index is 11.8. The Balaban J connectivity index is 2.69. The molecule has 0 aliphatic heterocycles. The van der Waals surface area contributed by atoms with Gasteiger partial charge in [-0.2, -0.15) is 0 Å². The highest BCUT2D eigenvalue weighted by Gasteiger charge is 2.20. The molecular formula is C17H27NO3. The van der Waals surface area contributed by atoms with E-state index in [4.69, 9.17) is 9.47 Å². The van der Waals surface area contributed by atoms with Crippen molar-refractivity contribution in [1.29, 1.82) is 0 Å². The Morgan fingerprint density at radius 2 is 2.00 bits per heavy atom. The number of carbonyl (C=O) groups excluding carboxylic acids is 1. The molecule has 118 valence electrons. The van der Waals surface area contributed by atoms with E-state index in [2.05, 4.69) is 32.2 Å². The molecule has 0 aliphatic carbocycles. The van der Waals surface area contributed by atoms with Crippen LogP contribution in [-0.4, -0.2) is 31.8 Å². The highest BCUT2D eigenvalue weighted by Crippen LogP contribution is 2.25. The highest BCUT2D eigenvalue weighted by molar-refractivity contribution is 5.76. The van der Waals surface area contributed by atoms with Gasteiger partial charge in [-0.1, -0.05) is 39.8 Å². The molecule has 0 fully saturated rings. The molecule has 0 bridgehead atoms. The molecule has 0 radical (unpaired) electrons. The zero-order valence-corrected chi connectivity index (χ0v) is 13.7. The van der Waals surface area contributed by atoms with Gasteiger partial charge >= 0.3 is 5.97 Å². The van der Waals surface area contributed by atoms with E-state index < -0.39 is 6.04 Å². The molecule has 4 nitrogen and oxygen atoms in total. The third-order valence-corrected chi connectivity index (χ3v) is 3.14. The minimum Gasteiger partial charge on any atom is -0.491 e. The summed E-state index contributed by atoms with van der Waals surface area (Å²) in [6.45, 7) is 11.6. The molecule has 0 heterocycles. The summed E-state index contributed by atoms with van der Waals surface area (Å²) in [6.07, 6.45) is 0. The Labute approximate surface area is 127 Å². The summed E-state index contributed by atoms with van der Waals surface area (Å²) >= 11 is 0. The van der Waals surface area contributed by atoms with E-state index in [9.17, 15) is 4.79 Å². The zero-order chi connectivity index (χ0) is 15.9. The molecule has 0 amide bonds. The predicted octanol–water partition coefficient (Wildman–Crippen LogP) is 2.90. The van der Waals surface area contributed by atoms with Gasteiger partial charge in [-0.15, -0.1) is 0 Å². The smallest absolute Gasteiger partial charge is 0.326 e. The second-order valence-corrected chi connectivity index (χ2v) is 5.95. The van der Waals surface area contributed by atoms with Crippen LogP contribution in [-0.2, 0) is 14.9 Å². The average Bonchev–Trinajstić information content (AvgIpc) is 2.43. The molecule has 0 spiro atoms. The summed E-state index contributed by atoms with van der Waals surface area (Å²) < 4.78 is 10.8. The molecule has 1 rings (SSSR count). The first-order valence-electron chi connectivity index (χ1n) is 7.51. The van der Waals surface area contributed by atoms with Crippen LogP contribution in [0.25, 0.3) is 0 Å². The molecule has 0 aromatic heterocycles. The third-order valence-electron chi connectivity index (χ3n) is 3.14. The molecular weight excluding hydrogens is 266 g/mol. The predicted molar refractivity (Wildman–Crippen MR) is 84.7 cm³/mol. The first-order chi connectivity index (χ1) is 9.88. The second kappa shape index (κ2) is 8.03. The fraction of sp³-hybridized carbons (Fsp3) is 0.588. The van der Waals surface area contributed by atoms with Crippen LogP contribution in [0.1, 0.15) is 40.2 Å². The standard InChI is InChI=1S/C17H27NO3/c1-6-18-15(16(19)20-7-2)12-21-14-10-8-9-13(11-14)17(3,4)5/h8-11,15,18H,6-7,12H2,1-5H3. The lowest BCUT2D eigenvalue weighted by atomic mass is 9.87. The Kier molecular flexibility index (Phi) is 6.69. The van der Waals surface area contributed by atoms with Gasteiger partial charge in [0.15, 0.2) is 0 Å². The van der Waals surface area contributed by atoms with Gasteiger partial charge in [-0.05, 0) is 36.6 Å². The van der Waals surface area contributed by atoms with Gasteiger partial charge in [0.1, 0.15) is 18.4 Å². The summed E-state index contributed by atoms with van der Waals surface area (Å²) in [7, 11) is 0. The summed E-state index contributed by atoms with van der Waals surface area (Å²) in [5, 5.41) is 3.08. The van der Waals surface area contributed by atoms with Crippen LogP contribution >= 0.6 is 0 Å². The molecule has 1 N–H and O–H groups in total. The minimum atomic E-state index is -0.437. The molecule has 0 saturated heterocycles. The lowest BCUT2D eigenvalue weighted by Crippen LogP contribution is -2.42. The van der Waals surface area contributed by atoms with Gasteiger partial charge in [0, 0.05) is 0 Å². The van der Waals surface area contributed by atoms with E-state index in [1.54, 1.807) is 6.92 Å². The Morgan fingerprint density at radius 3 is 2.57 bits per heavy atom. The normalized spacial score (nSPS) is 12.8. The van der Waals surface area contributed by atoms with Crippen molar-refractivity contribution in [3.05, 3.63) is 29.8 Å². The maximum atomic E-state index is 11.8. The van der Waals surface area contributed by atoms with Crippen LogP contribution < -0.4 is 10.1 Å². The largest absolute Gasteiger partial charge is 0.491 e. The molecule has 1 unspecified atom stereocenters. The van der Waals surface area contributed by atoms with Crippen molar-refractivity contribution < 1.29 is 14.3 Å². The monoisotopic (exact) mass is 293 g/mol. The Morgan fingerprint density at radius 1 is 1.29 bits per heavy atom. The number of esters is 1. The fourth-order valence-electron chi connectivity index (χ4n) is 1.93. The van der Waals surface area contributed by atoms with Gasteiger partial charge in [0.2, 0.25) is 0 Å². The third kappa shape index (κ3) is 5.76. The average molecular weight is 293 g/mol. The van der Waals surface area contributed by atoms with Crippen LogP contribution in [0.4, 0.5) is 0 Å². The molecule has 1 aromatic carbocycles. The van der Waals surface area contributed by atoms with Crippen molar-refractivity contribution in [3.63, 3.8) is 0 Å². The number of ether oxygens (including phenoxy) is 2. The first-order valence-corrected chi connectivity index (χ1v) is 7.51. The zero-order valence-electron chi connectivity index (χ0n) is 13.7. The highest BCUT2D eigenvalue weighted by atomic mass is 16.5. The maximum Gasteiger partial charge on any atom is 0.326 e.